The van der Waals surface area contributed by atoms with Crippen molar-refractivity contribution in [2.45, 2.75) is 78.2 Å². The average molecular weight is 496 g/mol. The number of esters is 2. The molecule has 13 heteroatoms. The van der Waals surface area contributed by atoms with Crippen molar-refractivity contribution in [3.8, 4) is 0 Å². The number of phosphoric acid groups is 1. The van der Waals surface area contributed by atoms with Crippen LogP contribution in [-0.4, -0.2) is 76.6 Å². The van der Waals surface area contributed by atoms with Crippen LogP contribution in [0.2, 0.25) is 0 Å². The van der Waals surface area contributed by atoms with Crippen molar-refractivity contribution in [1.29, 1.82) is 0 Å². The Kier molecular flexibility index (Phi) is 15.0. The van der Waals surface area contributed by atoms with Crippen LogP contribution in [-0.2, 0) is 33.2 Å². The monoisotopic (exact) mass is 496 g/mol. The van der Waals surface area contributed by atoms with Gasteiger partial charge in [0.2, 0.25) is 5.91 Å². The molecule has 0 aliphatic heterocycles. The summed E-state index contributed by atoms with van der Waals surface area (Å²) in [6.45, 7) is 9.49. The summed E-state index contributed by atoms with van der Waals surface area (Å²) in [7, 11) is -4.64. The molecule has 0 spiro atoms. The van der Waals surface area contributed by atoms with Gasteiger partial charge in [-0.1, -0.05) is 13.8 Å². The number of hydrogen-bond donors (Lipinski definition) is 5. The van der Waals surface area contributed by atoms with Gasteiger partial charge in [0.25, 0.3) is 0 Å². The SMILES string of the molecule is CCOC(=O)CN[C@H]1CC(C(=O)OCC)=C[C@@H](OC(CC)CC)[C@@H]1NC(C)=O.O=P(O)(O)O. The van der Waals surface area contributed by atoms with E-state index < -0.39 is 31.9 Å². The summed E-state index contributed by atoms with van der Waals surface area (Å²) in [5, 5.41) is 6.02. The molecule has 5 N–H and O–H groups in total. The number of nitrogens with one attached hydrogen (secondary N) is 2. The molecule has 0 unspecified atom stereocenters. The number of hydrogen-bond acceptors (Lipinski definition) is 8. The van der Waals surface area contributed by atoms with Crippen LogP contribution in [0, 0.1) is 0 Å². The van der Waals surface area contributed by atoms with Crippen LogP contribution in [0.25, 0.3) is 0 Å². The molecule has 1 aliphatic rings. The van der Waals surface area contributed by atoms with Gasteiger partial charge in [0.15, 0.2) is 0 Å². The van der Waals surface area contributed by atoms with Gasteiger partial charge in [0, 0.05) is 18.5 Å². The lowest BCUT2D eigenvalue weighted by Crippen LogP contribution is -2.59. The Morgan fingerprint density at radius 2 is 1.64 bits per heavy atom. The number of carbonyl (C=O) groups is 3. The van der Waals surface area contributed by atoms with Gasteiger partial charge in [0.1, 0.15) is 0 Å². The summed E-state index contributed by atoms with van der Waals surface area (Å²) in [6, 6.07) is -0.803. The number of rotatable bonds is 11. The molecule has 0 aromatic heterocycles. The third-order valence-electron chi connectivity index (χ3n) is 4.57. The van der Waals surface area contributed by atoms with Crippen molar-refractivity contribution >= 4 is 25.7 Å². The highest BCUT2D eigenvalue weighted by Gasteiger charge is 2.37. The molecule has 3 atom stereocenters. The number of ether oxygens (including phenoxy) is 3. The largest absolute Gasteiger partial charge is 0.466 e. The summed E-state index contributed by atoms with van der Waals surface area (Å²) in [5.74, 6) is -1.02. The van der Waals surface area contributed by atoms with E-state index in [1.165, 1.54) is 6.92 Å². The van der Waals surface area contributed by atoms with E-state index in [1.54, 1.807) is 19.9 Å². The van der Waals surface area contributed by atoms with E-state index in [1.807, 2.05) is 13.8 Å². The summed E-state index contributed by atoms with van der Waals surface area (Å²) in [5.41, 5.74) is 0.473. The fourth-order valence-corrected chi connectivity index (χ4v) is 3.21. The zero-order valence-electron chi connectivity index (χ0n) is 19.8. The minimum atomic E-state index is -4.64. The molecule has 0 aromatic carbocycles. The van der Waals surface area contributed by atoms with Crippen molar-refractivity contribution in [3.63, 3.8) is 0 Å². The van der Waals surface area contributed by atoms with Crippen molar-refractivity contribution < 1.29 is 47.8 Å². The summed E-state index contributed by atoms with van der Waals surface area (Å²) in [6.07, 6.45) is 3.14. The minimum absolute atomic E-state index is 0.00948. The highest BCUT2D eigenvalue weighted by molar-refractivity contribution is 7.45. The molecule has 0 fully saturated rings. The fourth-order valence-electron chi connectivity index (χ4n) is 3.21. The van der Waals surface area contributed by atoms with E-state index in [0.717, 1.165) is 12.8 Å². The highest BCUT2D eigenvalue weighted by atomic mass is 31.2. The molecule has 33 heavy (non-hydrogen) atoms. The van der Waals surface area contributed by atoms with E-state index in [9.17, 15) is 14.4 Å². The maximum atomic E-state index is 12.3. The second-order valence-electron chi connectivity index (χ2n) is 7.19. The van der Waals surface area contributed by atoms with Crippen molar-refractivity contribution in [1.82, 2.24) is 10.6 Å². The molecule has 0 saturated carbocycles. The zero-order chi connectivity index (χ0) is 25.6. The van der Waals surface area contributed by atoms with Gasteiger partial charge < -0.3 is 39.5 Å². The van der Waals surface area contributed by atoms with Crippen LogP contribution >= 0.6 is 7.82 Å². The second-order valence-corrected chi connectivity index (χ2v) is 8.21. The first-order valence-corrected chi connectivity index (χ1v) is 12.4. The Morgan fingerprint density at radius 3 is 2.09 bits per heavy atom. The zero-order valence-corrected chi connectivity index (χ0v) is 20.7. The highest BCUT2D eigenvalue weighted by Crippen LogP contribution is 2.26. The molecule has 0 bridgehead atoms. The number of amides is 1. The van der Waals surface area contributed by atoms with Gasteiger partial charge in [0.05, 0.1) is 38.0 Å². The molecule has 0 heterocycles. The van der Waals surface area contributed by atoms with Crippen LogP contribution < -0.4 is 10.6 Å². The molecule has 0 radical (unpaired) electrons. The van der Waals surface area contributed by atoms with Crippen molar-refractivity contribution in [3.05, 3.63) is 11.6 Å². The van der Waals surface area contributed by atoms with Gasteiger partial charge in [-0.15, -0.1) is 0 Å². The Labute approximate surface area is 194 Å². The fraction of sp³-hybridized carbons (Fsp3) is 0.750. The number of carbonyl (C=O) groups excluding carboxylic acids is 3. The average Bonchev–Trinajstić information content (AvgIpc) is 2.70. The smallest absolute Gasteiger partial charge is 0.465 e. The van der Waals surface area contributed by atoms with E-state index in [-0.39, 0.29) is 37.8 Å². The van der Waals surface area contributed by atoms with Crippen LogP contribution in [0.15, 0.2) is 11.6 Å². The third kappa shape index (κ3) is 14.1. The summed E-state index contributed by atoms with van der Waals surface area (Å²) >= 11 is 0. The Hall–Kier alpha value is -1.82. The molecular weight excluding hydrogens is 459 g/mol. The van der Waals surface area contributed by atoms with Crippen LogP contribution in [0.1, 0.15) is 53.9 Å². The molecule has 0 aromatic rings. The quantitative estimate of drug-likeness (QED) is 0.199. The second kappa shape index (κ2) is 15.9. The molecule has 1 aliphatic carbocycles. The molecule has 1 rings (SSSR count). The van der Waals surface area contributed by atoms with E-state index in [2.05, 4.69) is 10.6 Å². The Balaban J connectivity index is 0.00000184. The van der Waals surface area contributed by atoms with Crippen LogP contribution in [0.5, 0.6) is 0 Å². The van der Waals surface area contributed by atoms with Crippen molar-refractivity contribution in [2.24, 2.45) is 0 Å². The first kappa shape index (κ1) is 31.2. The predicted octanol–water partition coefficient (Wildman–Crippen LogP) is 0.551. The van der Waals surface area contributed by atoms with Gasteiger partial charge >= 0.3 is 19.8 Å². The van der Waals surface area contributed by atoms with Gasteiger partial charge in [-0.25, -0.2) is 9.36 Å². The standard InChI is InChI=1S/C20H34N2O6.H3O4P/c1-6-15(7-2)28-17-11-14(20(25)27-9-4)10-16(19(17)22-13(5)23)21-12-18(24)26-8-3;1-5(2,3)4/h11,15-17,19,21H,6-10,12H2,1-5H3,(H,22,23);(H3,1,2,3,4)/t16-,17+,19+;/m0./s1. The Bertz CT molecular complexity index is 697. The molecule has 0 saturated heterocycles. The lowest BCUT2D eigenvalue weighted by molar-refractivity contribution is -0.142. The van der Waals surface area contributed by atoms with E-state index >= 15 is 0 Å². The maximum absolute atomic E-state index is 12.3. The topological polar surface area (TPSA) is 181 Å². The predicted molar refractivity (Wildman–Crippen MR) is 119 cm³/mol. The summed E-state index contributed by atoms with van der Waals surface area (Å²) < 4.78 is 25.2. The summed E-state index contributed by atoms with van der Waals surface area (Å²) in [4.78, 5) is 57.5. The first-order chi connectivity index (χ1) is 15.4. The van der Waals surface area contributed by atoms with Crippen molar-refractivity contribution in [2.75, 3.05) is 19.8 Å². The van der Waals surface area contributed by atoms with Gasteiger partial charge in [-0.05, 0) is 39.2 Å². The molecule has 1 amide bonds. The molecule has 12 nitrogen and oxygen atoms in total. The van der Waals surface area contributed by atoms with E-state index in [4.69, 9.17) is 33.5 Å². The molecule has 192 valence electrons. The van der Waals surface area contributed by atoms with Gasteiger partial charge in [-0.3, -0.25) is 9.59 Å². The minimum Gasteiger partial charge on any atom is -0.465 e. The molecular formula is C20H37N2O10P. The lowest BCUT2D eigenvalue weighted by Gasteiger charge is -2.38. The lowest BCUT2D eigenvalue weighted by atomic mass is 9.87. The van der Waals surface area contributed by atoms with Crippen LogP contribution in [0.4, 0.5) is 0 Å². The van der Waals surface area contributed by atoms with E-state index in [0.29, 0.717) is 12.0 Å². The third-order valence-corrected chi connectivity index (χ3v) is 4.57. The van der Waals surface area contributed by atoms with Gasteiger partial charge in [-0.2, -0.15) is 0 Å². The maximum Gasteiger partial charge on any atom is 0.466 e. The first-order valence-electron chi connectivity index (χ1n) is 10.8. The normalized spacial score (nSPS) is 20.3. The van der Waals surface area contributed by atoms with Crippen LogP contribution in [0.3, 0.4) is 0 Å². The Morgan fingerprint density at radius 1 is 1.09 bits per heavy atom.